The molecule has 1 aromatic carbocycles. The van der Waals surface area contributed by atoms with Crippen LogP contribution in [0.4, 0.5) is 5.69 Å². The first-order chi connectivity index (χ1) is 13.6. The van der Waals surface area contributed by atoms with Gasteiger partial charge in [-0.05, 0) is 45.2 Å². The summed E-state index contributed by atoms with van der Waals surface area (Å²) in [6.07, 6.45) is 2.88. The molecule has 1 amide bonds. The van der Waals surface area contributed by atoms with E-state index in [0.717, 1.165) is 25.3 Å². The first kappa shape index (κ1) is 23.1. The molecule has 1 heterocycles. The smallest absolute Gasteiger partial charge is 0.312 e. The van der Waals surface area contributed by atoms with E-state index in [1.165, 1.54) is 16.4 Å². The first-order valence-corrected chi connectivity index (χ1v) is 11.3. The number of benzene rings is 1. The van der Waals surface area contributed by atoms with E-state index in [-0.39, 0.29) is 48.3 Å². The second-order valence-electron chi connectivity index (χ2n) is 7.19. The summed E-state index contributed by atoms with van der Waals surface area (Å²) in [5, 5.41) is 11.5. The van der Waals surface area contributed by atoms with E-state index >= 15 is 0 Å². The van der Waals surface area contributed by atoms with Gasteiger partial charge >= 0.3 is 5.69 Å². The van der Waals surface area contributed by atoms with Crippen LogP contribution in [0, 0.1) is 10.1 Å². The van der Waals surface area contributed by atoms with Crippen molar-refractivity contribution in [1.29, 1.82) is 0 Å². The van der Waals surface area contributed by atoms with Crippen LogP contribution in [0.25, 0.3) is 0 Å². The van der Waals surface area contributed by atoms with Crippen molar-refractivity contribution in [3.05, 3.63) is 28.3 Å². The number of amides is 1. The fourth-order valence-electron chi connectivity index (χ4n) is 3.76. The van der Waals surface area contributed by atoms with E-state index in [4.69, 9.17) is 4.74 Å². The minimum absolute atomic E-state index is 0.0893. The van der Waals surface area contributed by atoms with Gasteiger partial charge in [0.25, 0.3) is 5.91 Å². The number of nitro groups is 1. The first-order valence-electron chi connectivity index (χ1n) is 9.86. The third-order valence-electron chi connectivity index (χ3n) is 5.30. The van der Waals surface area contributed by atoms with Crippen LogP contribution in [-0.4, -0.2) is 60.2 Å². The highest BCUT2D eigenvalue weighted by Gasteiger charge is 2.30. The molecule has 0 N–H and O–H groups in total. The molecule has 0 saturated carbocycles. The van der Waals surface area contributed by atoms with Gasteiger partial charge in [0.15, 0.2) is 12.4 Å². The van der Waals surface area contributed by atoms with E-state index < -0.39 is 20.6 Å². The Hall–Kier alpha value is -2.20. The number of rotatable bonds is 8. The third-order valence-corrected chi connectivity index (χ3v) is 7.35. The summed E-state index contributed by atoms with van der Waals surface area (Å²) in [5.74, 6) is -0.363. The highest BCUT2D eigenvalue weighted by molar-refractivity contribution is 7.89. The Kier molecular flexibility index (Phi) is 7.59. The number of piperidine rings is 1. The van der Waals surface area contributed by atoms with Gasteiger partial charge in [0.2, 0.25) is 10.0 Å². The van der Waals surface area contributed by atoms with Crippen molar-refractivity contribution in [3.8, 4) is 5.75 Å². The van der Waals surface area contributed by atoms with E-state index in [1.54, 1.807) is 18.7 Å². The molecule has 9 nitrogen and oxygen atoms in total. The van der Waals surface area contributed by atoms with E-state index in [9.17, 15) is 23.3 Å². The lowest BCUT2D eigenvalue weighted by atomic mass is 9.97. The maximum absolute atomic E-state index is 12.6. The normalized spacial score (nSPS) is 20.0. The minimum Gasteiger partial charge on any atom is -0.477 e. The molecule has 0 radical (unpaired) electrons. The van der Waals surface area contributed by atoms with Gasteiger partial charge < -0.3 is 9.64 Å². The van der Waals surface area contributed by atoms with Crippen molar-refractivity contribution in [2.75, 3.05) is 19.7 Å². The molecule has 2 atom stereocenters. The van der Waals surface area contributed by atoms with Gasteiger partial charge in [-0.15, -0.1) is 0 Å². The Labute approximate surface area is 171 Å². The quantitative estimate of drug-likeness (QED) is 0.466. The summed E-state index contributed by atoms with van der Waals surface area (Å²) in [6.45, 7) is 7.52. The Morgan fingerprint density at radius 1 is 1.24 bits per heavy atom. The van der Waals surface area contributed by atoms with Crippen molar-refractivity contribution in [2.45, 2.75) is 63.9 Å². The van der Waals surface area contributed by atoms with Crippen molar-refractivity contribution in [3.63, 3.8) is 0 Å². The molecule has 29 heavy (non-hydrogen) atoms. The number of hydrogen-bond acceptors (Lipinski definition) is 6. The summed E-state index contributed by atoms with van der Waals surface area (Å²) in [5.41, 5.74) is -0.481. The molecule has 162 valence electrons. The van der Waals surface area contributed by atoms with Crippen LogP contribution in [0.2, 0.25) is 0 Å². The number of hydrogen-bond donors (Lipinski definition) is 0. The fourth-order valence-corrected chi connectivity index (χ4v) is 5.24. The third kappa shape index (κ3) is 5.05. The molecular weight excluding hydrogens is 398 g/mol. The molecule has 1 saturated heterocycles. The zero-order chi connectivity index (χ0) is 21.8. The van der Waals surface area contributed by atoms with Crippen LogP contribution in [0.1, 0.15) is 47.0 Å². The average molecular weight is 428 g/mol. The van der Waals surface area contributed by atoms with Crippen LogP contribution in [-0.2, 0) is 14.8 Å². The molecule has 0 unspecified atom stereocenters. The Bertz CT molecular complexity index is 844. The number of nitrogens with zero attached hydrogens (tertiary/aromatic N) is 3. The Balaban J connectivity index is 2.23. The standard InChI is InChI=1S/C19H29N3O6S/c1-5-20(6-2)29(26,27)16-10-11-18(17(12-16)22(24)25)28-13-19(23)21-14(3)8-7-9-15(21)4/h10-12,14-15H,5-9,13H2,1-4H3/t14-,15-/m0/s1. The maximum Gasteiger partial charge on any atom is 0.312 e. The molecule has 1 aliphatic heterocycles. The topological polar surface area (TPSA) is 110 Å². The summed E-state index contributed by atoms with van der Waals surface area (Å²) in [7, 11) is -3.84. The zero-order valence-electron chi connectivity index (χ0n) is 17.3. The molecular formula is C19H29N3O6S. The second-order valence-corrected chi connectivity index (χ2v) is 9.13. The van der Waals surface area contributed by atoms with Gasteiger partial charge in [-0.25, -0.2) is 8.42 Å². The number of carbonyl (C=O) groups is 1. The van der Waals surface area contributed by atoms with Gasteiger partial charge in [0.05, 0.1) is 9.82 Å². The molecule has 10 heteroatoms. The van der Waals surface area contributed by atoms with E-state index in [1.807, 2.05) is 13.8 Å². The van der Waals surface area contributed by atoms with Crippen molar-refractivity contribution in [2.24, 2.45) is 0 Å². The van der Waals surface area contributed by atoms with Crippen LogP contribution < -0.4 is 4.74 Å². The van der Waals surface area contributed by atoms with Gasteiger partial charge in [-0.2, -0.15) is 4.31 Å². The van der Waals surface area contributed by atoms with Gasteiger partial charge in [0, 0.05) is 31.2 Å². The summed E-state index contributed by atoms with van der Waals surface area (Å²) < 4.78 is 31.9. The fraction of sp³-hybridized carbons (Fsp3) is 0.632. The summed E-state index contributed by atoms with van der Waals surface area (Å²) in [4.78, 5) is 25.0. The zero-order valence-corrected chi connectivity index (χ0v) is 18.1. The lowest BCUT2D eigenvalue weighted by molar-refractivity contribution is -0.386. The molecule has 0 spiro atoms. The van der Waals surface area contributed by atoms with Gasteiger partial charge in [-0.3, -0.25) is 14.9 Å². The minimum atomic E-state index is -3.84. The Morgan fingerprint density at radius 3 is 2.34 bits per heavy atom. The average Bonchev–Trinajstić information content (AvgIpc) is 2.66. The van der Waals surface area contributed by atoms with Gasteiger partial charge in [-0.1, -0.05) is 13.8 Å². The molecule has 1 aliphatic rings. The lowest BCUT2D eigenvalue weighted by Crippen LogP contribution is -2.49. The molecule has 0 aromatic heterocycles. The number of sulfonamides is 1. The van der Waals surface area contributed by atoms with Crippen LogP contribution >= 0.6 is 0 Å². The molecule has 1 fully saturated rings. The number of likely N-dealkylation sites (tertiary alicyclic amines) is 1. The molecule has 0 bridgehead atoms. The number of nitro benzene ring substituents is 1. The largest absolute Gasteiger partial charge is 0.477 e. The van der Waals surface area contributed by atoms with E-state index in [0.29, 0.717) is 0 Å². The Morgan fingerprint density at radius 2 is 1.83 bits per heavy atom. The van der Waals surface area contributed by atoms with Crippen LogP contribution in [0.3, 0.4) is 0 Å². The van der Waals surface area contributed by atoms with E-state index in [2.05, 4.69) is 0 Å². The van der Waals surface area contributed by atoms with Crippen molar-refractivity contribution >= 4 is 21.6 Å². The van der Waals surface area contributed by atoms with Gasteiger partial charge in [0.1, 0.15) is 0 Å². The maximum atomic E-state index is 12.6. The van der Waals surface area contributed by atoms with Crippen molar-refractivity contribution < 1.29 is 22.9 Å². The molecule has 0 aliphatic carbocycles. The predicted octanol–water partition coefficient (Wildman–Crippen LogP) is 2.79. The monoisotopic (exact) mass is 427 g/mol. The summed E-state index contributed by atoms with van der Waals surface area (Å²) in [6, 6.07) is 3.68. The second kappa shape index (κ2) is 9.53. The highest BCUT2D eigenvalue weighted by Crippen LogP contribution is 2.31. The summed E-state index contributed by atoms with van der Waals surface area (Å²) >= 11 is 0. The molecule has 2 rings (SSSR count). The SMILES string of the molecule is CCN(CC)S(=O)(=O)c1ccc(OCC(=O)N2[C@@H](C)CCC[C@@H]2C)c([N+](=O)[O-])c1. The van der Waals surface area contributed by atoms with Crippen LogP contribution in [0.5, 0.6) is 5.75 Å². The highest BCUT2D eigenvalue weighted by atomic mass is 32.2. The van der Waals surface area contributed by atoms with Crippen molar-refractivity contribution in [1.82, 2.24) is 9.21 Å². The number of ether oxygens (including phenoxy) is 1. The molecule has 1 aromatic rings. The lowest BCUT2D eigenvalue weighted by Gasteiger charge is -2.38. The van der Waals surface area contributed by atoms with Crippen LogP contribution in [0.15, 0.2) is 23.1 Å². The predicted molar refractivity (Wildman–Crippen MR) is 108 cm³/mol. The number of carbonyl (C=O) groups excluding carboxylic acids is 1.